The number of nitrogens with two attached hydrogens (primary N) is 2. The van der Waals surface area contributed by atoms with Gasteiger partial charge in [-0.25, -0.2) is 4.98 Å². The summed E-state index contributed by atoms with van der Waals surface area (Å²) >= 11 is 1.18. The van der Waals surface area contributed by atoms with Crippen LogP contribution >= 0.6 is 11.3 Å². The van der Waals surface area contributed by atoms with Gasteiger partial charge in [0.2, 0.25) is 29.5 Å². The Morgan fingerprint density at radius 3 is 2.54 bits per heavy atom. The molecule has 15 heteroatoms. The smallest absolute Gasteiger partial charge is 0.246 e. The largest absolute Gasteiger partial charge is 0.375 e. The van der Waals surface area contributed by atoms with Crippen molar-refractivity contribution in [1.82, 2.24) is 20.9 Å². The van der Waals surface area contributed by atoms with Crippen LogP contribution in [0.2, 0.25) is 0 Å². The van der Waals surface area contributed by atoms with E-state index < -0.39 is 48.0 Å². The highest BCUT2D eigenvalue weighted by Gasteiger charge is 2.28. The highest BCUT2D eigenvalue weighted by atomic mass is 32.1. The average molecular weight is 561 g/mol. The number of anilines is 1. The van der Waals surface area contributed by atoms with E-state index in [4.69, 9.17) is 16.7 Å². The van der Waals surface area contributed by atoms with Gasteiger partial charge in [-0.1, -0.05) is 0 Å². The molecular formula is C24H32N8O6S. The second-order valence-corrected chi connectivity index (χ2v) is 9.50. The van der Waals surface area contributed by atoms with Crippen LogP contribution in [-0.2, 0) is 28.7 Å². The van der Waals surface area contributed by atoms with E-state index in [0.29, 0.717) is 40.3 Å². The molecule has 0 unspecified atom stereocenters. The first-order valence-electron chi connectivity index (χ1n) is 12.1. The van der Waals surface area contributed by atoms with Gasteiger partial charge in [0.1, 0.15) is 24.8 Å². The third kappa shape index (κ3) is 10.6. The summed E-state index contributed by atoms with van der Waals surface area (Å²) in [5, 5.41) is 19.6. The molecule has 2 rings (SSSR count). The van der Waals surface area contributed by atoms with E-state index in [1.54, 1.807) is 18.2 Å². The minimum Gasteiger partial charge on any atom is -0.375 e. The minimum atomic E-state index is -1.33. The van der Waals surface area contributed by atoms with E-state index in [0.717, 1.165) is 0 Å². The first kappa shape index (κ1) is 31.1. The van der Waals surface area contributed by atoms with Crippen LogP contribution in [0, 0.1) is 11.3 Å². The zero-order valence-electron chi connectivity index (χ0n) is 21.5. The van der Waals surface area contributed by atoms with E-state index in [1.165, 1.54) is 18.4 Å². The van der Waals surface area contributed by atoms with Crippen molar-refractivity contribution >= 4 is 56.8 Å². The summed E-state index contributed by atoms with van der Waals surface area (Å²) in [5.41, 5.74) is 11.9. The highest BCUT2D eigenvalue weighted by Crippen LogP contribution is 2.25. The molecular weight excluding hydrogens is 528 g/mol. The number of unbranched alkanes of at least 4 members (excludes halogenated alkanes) is 1. The van der Waals surface area contributed by atoms with Crippen molar-refractivity contribution in [2.75, 3.05) is 32.1 Å². The van der Waals surface area contributed by atoms with Crippen LogP contribution in [0.25, 0.3) is 10.2 Å². The molecule has 0 aliphatic rings. The third-order valence-electron chi connectivity index (χ3n) is 5.34. The maximum atomic E-state index is 13.1. The Kier molecular flexibility index (Phi) is 12.7. The number of carbonyl (C=O) groups is 5. The number of rotatable bonds is 16. The standard InChI is InChI=1S/C24H32N8O6S/c1-38-13-21(35)28-9-7-20(34)30-17(11-19(27)33)24(37)32-16(4-2-3-8-25)23(36)29-14-5-6-15-18(10-14)39-22(12-26)31-15/h5-6,10,16-17H,2-4,7-9,11,13,25H2,1H3,(H2,27,33)(H,28,35)(H,29,36)(H,30,34)(H,32,37)/t16-,17-/m0/s1. The molecule has 2 atom stereocenters. The van der Waals surface area contributed by atoms with Gasteiger partial charge in [-0.15, -0.1) is 11.3 Å². The number of fused-ring (bicyclic) bond motifs is 1. The number of amides is 5. The predicted molar refractivity (Wildman–Crippen MR) is 143 cm³/mol. The highest BCUT2D eigenvalue weighted by molar-refractivity contribution is 7.19. The van der Waals surface area contributed by atoms with Crippen LogP contribution in [0.4, 0.5) is 5.69 Å². The third-order valence-corrected chi connectivity index (χ3v) is 6.26. The SMILES string of the molecule is COCC(=O)NCCC(=O)N[C@@H](CC(N)=O)C(=O)N[C@@H](CCCCN)C(=O)Nc1ccc2nc(C#N)sc2c1. The molecule has 0 radical (unpaired) electrons. The van der Waals surface area contributed by atoms with Crippen molar-refractivity contribution in [2.45, 2.75) is 44.2 Å². The number of primary amides is 1. The van der Waals surface area contributed by atoms with Gasteiger partial charge in [-0.3, -0.25) is 24.0 Å². The molecule has 1 aromatic heterocycles. The van der Waals surface area contributed by atoms with Crippen LogP contribution in [0.1, 0.15) is 37.1 Å². The van der Waals surface area contributed by atoms with Crippen LogP contribution in [0.15, 0.2) is 18.2 Å². The molecule has 0 aliphatic heterocycles. The van der Waals surface area contributed by atoms with Gasteiger partial charge in [-0.05, 0) is 44.0 Å². The van der Waals surface area contributed by atoms with E-state index in [1.807, 2.05) is 6.07 Å². The van der Waals surface area contributed by atoms with Gasteiger partial charge >= 0.3 is 0 Å². The van der Waals surface area contributed by atoms with Crippen molar-refractivity contribution in [1.29, 1.82) is 5.26 Å². The van der Waals surface area contributed by atoms with Crippen molar-refractivity contribution < 1.29 is 28.7 Å². The molecule has 0 aliphatic carbocycles. The second kappa shape index (κ2) is 16.0. The summed E-state index contributed by atoms with van der Waals surface area (Å²) in [5.74, 6) is -3.14. The molecule has 2 aromatic rings. The molecule has 39 heavy (non-hydrogen) atoms. The molecule has 0 fully saturated rings. The molecule has 1 heterocycles. The molecule has 210 valence electrons. The fourth-order valence-electron chi connectivity index (χ4n) is 3.49. The summed E-state index contributed by atoms with van der Waals surface area (Å²) in [6.45, 7) is 0.219. The maximum Gasteiger partial charge on any atom is 0.246 e. The van der Waals surface area contributed by atoms with Gasteiger partial charge in [-0.2, -0.15) is 5.26 Å². The number of nitrogens with zero attached hydrogens (tertiary/aromatic N) is 2. The zero-order valence-corrected chi connectivity index (χ0v) is 22.3. The molecule has 0 saturated heterocycles. The molecule has 0 spiro atoms. The predicted octanol–water partition coefficient (Wildman–Crippen LogP) is -0.767. The van der Waals surface area contributed by atoms with Crippen molar-refractivity contribution in [3.8, 4) is 6.07 Å². The van der Waals surface area contributed by atoms with E-state index in [2.05, 4.69) is 31.0 Å². The second-order valence-electron chi connectivity index (χ2n) is 8.47. The molecule has 5 amide bonds. The minimum absolute atomic E-state index is 0.0109. The number of hydrogen-bond acceptors (Lipinski definition) is 10. The Balaban J connectivity index is 2.08. The van der Waals surface area contributed by atoms with Gasteiger partial charge < -0.3 is 37.5 Å². The zero-order chi connectivity index (χ0) is 28.8. The lowest BCUT2D eigenvalue weighted by molar-refractivity contribution is -0.132. The molecule has 1 aromatic carbocycles. The Labute approximate surface area is 228 Å². The summed E-state index contributed by atoms with van der Waals surface area (Å²) in [4.78, 5) is 65.7. The monoisotopic (exact) mass is 560 g/mol. The summed E-state index contributed by atoms with van der Waals surface area (Å²) < 4.78 is 5.39. The van der Waals surface area contributed by atoms with Gasteiger partial charge in [0.05, 0.1) is 16.6 Å². The van der Waals surface area contributed by atoms with Gasteiger partial charge in [0.25, 0.3) is 0 Å². The molecule has 0 bridgehead atoms. The Hall–Kier alpha value is -4.13. The molecule has 0 saturated carbocycles. The van der Waals surface area contributed by atoms with E-state index in [-0.39, 0.29) is 26.0 Å². The molecule has 8 N–H and O–H groups in total. The first-order valence-corrected chi connectivity index (χ1v) is 12.9. The number of nitrogens with one attached hydrogen (secondary N) is 4. The first-order chi connectivity index (χ1) is 18.7. The van der Waals surface area contributed by atoms with Crippen molar-refractivity contribution in [3.63, 3.8) is 0 Å². The lowest BCUT2D eigenvalue weighted by atomic mass is 10.1. The lowest BCUT2D eigenvalue weighted by Gasteiger charge is -2.23. The maximum absolute atomic E-state index is 13.1. The Bertz CT molecular complexity index is 1230. The number of nitriles is 1. The van der Waals surface area contributed by atoms with Crippen molar-refractivity contribution in [3.05, 3.63) is 23.2 Å². The summed E-state index contributed by atoms with van der Waals surface area (Å²) in [7, 11) is 1.36. The van der Waals surface area contributed by atoms with E-state index >= 15 is 0 Å². The number of ether oxygens (including phenoxy) is 1. The lowest BCUT2D eigenvalue weighted by Crippen LogP contribution is -2.53. The van der Waals surface area contributed by atoms with E-state index in [9.17, 15) is 24.0 Å². The number of carbonyl (C=O) groups excluding carboxylic acids is 5. The van der Waals surface area contributed by atoms with Crippen LogP contribution in [0.3, 0.4) is 0 Å². The molecule has 14 nitrogen and oxygen atoms in total. The number of thiazole rings is 1. The normalized spacial score (nSPS) is 12.1. The Morgan fingerprint density at radius 1 is 1.10 bits per heavy atom. The fourth-order valence-corrected chi connectivity index (χ4v) is 4.29. The average Bonchev–Trinajstić information content (AvgIpc) is 3.30. The summed E-state index contributed by atoms with van der Waals surface area (Å²) in [6, 6.07) is 4.62. The van der Waals surface area contributed by atoms with Crippen molar-refractivity contribution in [2.24, 2.45) is 11.5 Å². The number of aromatic nitrogens is 1. The van der Waals surface area contributed by atoms with Crippen LogP contribution in [0.5, 0.6) is 0 Å². The van der Waals surface area contributed by atoms with Gasteiger partial charge in [0, 0.05) is 25.8 Å². The number of benzene rings is 1. The quantitative estimate of drug-likeness (QED) is 0.141. The Morgan fingerprint density at radius 2 is 1.87 bits per heavy atom. The summed E-state index contributed by atoms with van der Waals surface area (Å²) in [6.07, 6.45) is 0.737. The van der Waals surface area contributed by atoms with Crippen LogP contribution in [-0.4, -0.2) is 73.4 Å². The fraction of sp³-hybridized carbons (Fsp3) is 0.458. The topological polar surface area (TPSA) is 231 Å². The number of hydrogen-bond donors (Lipinski definition) is 6. The van der Waals surface area contributed by atoms with Crippen LogP contribution < -0.4 is 32.7 Å². The van der Waals surface area contributed by atoms with Gasteiger partial charge in [0.15, 0.2) is 5.01 Å². The number of methoxy groups -OCH3 is 1.